The Bertz CT molecular complexity index is 869. The van der Waals surface area contributed by atoms with Crippen molar-refractivity contribution in [3.63, 3.8) is 0 Å². The monoisotopic (exact) mass is 404 g/mol. The average Bonchev–Trinajstić information content (AvgIpc) is 3.16. The quantitative estimate of drug-likeness (QED) is 0.480. The minimum Gasteiger partial charge on any atom is -0.468 e. The second-order valence-corrected chi connectivity index (χ2v) is 6.08. The lowest BCUT2D eigenvalue weighted by Crippen LogP contribution is -2.36. The topological polar surface area (TPSA) is 88.8 Å². The van der Waals surface area contributed by atoms with Crippen LogP contribution in [0.3, 0.4) is 0 Å². The molecule has 1 aromatic carbocycles. The van der Waals surface area contributed by atoms with Crippen LogP contribution >= 0.6 is 15.9 Å². The van der Waals surface area contributed by atoms with Crippen LogP contribution in [-0.4, -0.2) is 36.5 Å². The van der Waals surface area contributed by atoms with Gasteiger partial charge >= 0.3 is 12.0 Å². The van der Waals surface area contributed by atoms with Gasteiger partial charge in [0.25, 0.3) is 5.91 Å². The van der Waals surface area contributed by atoms with Crippen molar-refractivity contribution in [1.82, 2.24) is 10.2 Å². The maximum absolute atomic E-state index is 12.2. The van der Waals surface area contributed by atoms with Crippen LogP contribution in [0.15, 0.2) is 51.0 Å². The number of methoxy groups -OCH3 is 1. The molecule has 1 fully saturated rings. The number of furan rings is 1. The van der Waals surface area contributed by atoms with Gasteiger partial charge in [-0.25, -0.2) is 9.69 Å². The first-order valence-corrected chi connectivity index (χ1v) is 8.04. The molecule has 1 N–H and O–H groups in total. The van der Waals surface area contributed by atoms with Gasteiger partial charge in [0.05, 0.1) is 7.11 Å². The van der Waals surface area contributed by atoms with Crippen molar-refractivity contribution >= 4 is 39.9 Å². The Hall–Kier alpha value is -2.87. The van der Waals surface area contributed by atoms with Crippen LogP contribution in [0.2, 0.25) is 0 Å². The number of esters is 1. The molecular weight excluding hydrogens is 392 g/mol. The summed E-state index contributed by atoms with van der Waals surface area (Å²) in [5.74, 6) is -0.263. The zero-order chi connectivity index (χ0) is 18.0. The summed E-state index contributed by atoms with van der Waals surface area (Å²) in [6, 6.07) is 10.3. The molecule has 3 amide bonds. The lowest BCUT2D eigenvalue weighted by Gasteiger charge is -2.08. The molecule has 0 atom stereocenters. The van der Waals surface area contributed by atoms with E-state index in [-0.39, 0.29) is 5.70 Å². The van der Waals surface area contributed by atoms with E-state index in [1.165, 1.54) is 13.2 Å². The summed E-state index contributed by atoms with van der Waals surface area (Å²) in [7, 11) is 1.18. The summed E-state index contributed by atoms with van der Waals surface area (Å²) in [6.45, 7) is -0.444. The second kappa shape index (κ2) is 6.94. The number of amides is 3. The fraction of sp³-hybridized carbons (Fsp3) is 0.118. The van der Waals surface area contributed by atoms with Crippen molar-refractivity contribution in [1.29, 1.82) is 0 Å². The number of rotatable bonds is 4. The van der Waals surface area contributed by atoms with Crippen LogP contribution in [0.1, 0.15) is 5.76 Å². The summed E-state index contributed by atoms with van der Waals surface area (Å²) >= 11 is 3.37. The molecule has 7 nitrogen and oxygen atoms in total. The van der Waals surface area contributed by atoms with Crippen LogP contribution in [0.5, 0.6) is 0 Å². The van der Waals surface area contributed by atoms with Crippen molar-refractivity contribution in [2.45, 2.75) is 0 Å². The molecule has 25 heavy (non-hydrogen) atoms. The molecule has 0 aliphatic carbocycles. The van der Waals surface area contributed by atoms with E-state index in [0.29, 0.717) is 11.5 Å². The molecule has 0 radical (unpaired) electrons. The summed E-state index contributed by atoms with van der Waals surface area (Å²) in [4.78, 5) is 36.1. The fourth-order valence-electron chi connectivity index (χ4n) is 2.25. The van der Waals surface area contributed by atoms with Crippen molar-refractivity contribution in [2.75, 3.05) is 13.7 Å². The van der Waals surface area contributed by atoms with Gasteiger partial charge in [-0.05, 0) is 24.3 Å². The Morgan fingerprint density at radius 1 is 1.24 bits per heavy atom. The number of benzene rings is 1. The van der Waals surface area contributed by atoms with Gasteiger partial charge in [0, 0.05) is 16.1 Å². The molecule has 2 heterocycles. The van der Waals surface area contributed by atoms with E-state index in [0.717, 1.165) is 14.9 Å². The molecule has 0 saturated carbocycles. The number of ether oxygens (including phenoxy) is 1. The highest BCUT2D eigenvalue weighted by Gasteiger charge is 2.35. The number of hydrogen-bond donors (Lipinski definition) is 1. The molecule has 128 valence electrons. The first kappa shape index (κ1) is 17.0. The molecule has 1 saturated heterocycles. The third-order valence-electron chi connectivity index (χ3n) is 3.52. The number of carbonyl (C=O) groups is 3. The zero-order valence-electron chi connectivity index (χ0n) is 13.1. The second-order valence-electron chi connectivity index (χ2n) is 5.16. The summed E-state index contributed by atoms with van der Waals surface area (Å²) < 4.78 is 11.1. The normalized spacial score (nSPS) is 15.6. The Balaban J connectivity index is 1.79. The average molecular weight is 405 g/mol. The van der Waals surface area contributed by atoms with E-state index in [9.17, 15) is 14.4 Å². The molecule has 0 bridgehead atoms. The standard InChI is InChI=1S/C17H13BrN2O5/c1-24-15(21)9-20-16(22)13(19-17(20)23)8-12-6-7-14(25-12)10-2-4-11(18)5-3-10/h2-8H,9H2,1H3,(H,19,23)/b13-8-. The highest BCUT2D eigenvalue weighted by Crippen LogP contribution is 2.25. The number of urea groups is 1. The minimum atomic E-state index is -0.680. The largest absolute Gasteiger partial charge is 0.468 e. The fourth-order valence-corrected chi connectivity index (χ4v) is 2.52. The van der Waals surface area contributed by atoms with Gasteiger partial charge in [-0.1, -0.05) is 28.1 Å². The Kier molecular flexibility index (Phi) is 4.71. The Labute approximate surface area is 151 Å². The highest BCUT2D eigenvalue weighted by atomic mass is 79.9. The molecule has 2 aromatic rings. The first-order valence-electron chi connectivity index (χ1n) is 7.25. The van der Waals surface area contributed by atoms with Crippen molar-refractivity contribution in [3.8, 4) is 11.3 Å². The van der Waals surface area contributed by atoms with Gasteiger partial charge in [0.15, 0.2) is 0 Å². The first-order chi connectivity index (χ1) is 12.0. The lowest BCUT2D eigenvalue weighted by atomic mass is 10.2. The predicted molar refractivity (Wildman–Crippen MR) is 92.1 cm³/mol. The summed E-state index contributed by atoms with van der Waals surface area (Å²) in [6.07, 6.45) is 1.42. The number of imide groups is 1. The van der Waals surface area contributed by atoms with Crippen molar-refractivity contribution in [2.24, 2.45) is 0 Å². The number of halogens is 1. The van der Waals surface area contributed by atoms with Gasteiger partial charge in [-0.3, -0.25) is 9.59 Å². The Morgan fingerprint density at radius 2 is 1.96 bits per heavy atom. The van der Waals surface area contributed by atoms with Gasteiger partial charge in [0.2, 0.25) is 0 Å². The lowest BCUT2D eigenvalue weighted by molar-refractivity contribution is -0.143. The third kappa shape index (κ3) is 3.63. The zero-order valence-corrected chi connectivity index (χ0v) is 14.7. The van der Waals surface area contributed by atoms with E-state index in [1.807, 2.05) is 24.3 Å². The van der Waals surface area contributed by atoms with Gasteiger partial charge < -0.3 is 14.5 Å². The van der Waals surface area contributed by atoms with Gasteiger partial charge in [-0.2, -0.15) is 0 Å². The van der Waals surface area contributed by atoms with E-state index in [4.69, 9.17) is 4.42 Å². The van der Waals surface area contributed by atoms with Crippen LogP contribution in [0, 0.1) is 0 Å². The Morgan fingerprint density at radius 3 is 2.64 bits per heavy atom. The predicted octanol–water partition coefficient (Wildman–Crippen LogP) is 2.77. The molecule has 8 heteroatoms. The third-order valence-corrected chi connectivity index (χ3v) is 4.05. The highest BCUT2D eigenvalue weighted by molar-refractivity contribution is 9.10. The minimum absolute atomic E-state index is 0.0330. The van der Waals surface area contributed by atoms with E-state index in [2.05, 4.69) is 26.0 Å². The van der Waals surface area contributed by atoms with Crippen molar-refractivity contribution < 1.29 is 23.5 Å². The van der Waals surface area contributed by atoms with E-state index in [1.54, 1.807) is 12.1 Å². The van der Waals surface area contributed by atoms with Gasteiger partial charge in [0.1, 0.15) is 23.8 Å². The van der Waals surface area contributed by atoms with Crippen LogP contribution in [0.4, 0.5) is 4.79 Å². The van der Waals surface area contributed by atoms with Crippen LogP contribution in [0.25, 0.3) is 17.4 Å². The summed E-state index contributed by atoms with van der Waals surface area (Å²) in [5, 5.41) is 2.41. The maximum Gasteiger partial charge on any atom is 0.329 e. The molecule has 3 rings (SSSR count). The SMILES string of the molecule is COC(=O)CN1C(=O)N/C(=C\c2ccc(-c3ccc(Br)cc3)o2)C1=O. The van der Waals surface area contributed by atoms with Crippen molar-refractivity contribution in [3.05, 3.63) is 52.3 Å². The molecule has 1 aliphatic heterocycles. The van der Waals surface area contributed by atoms with E-state index < -0.39 is 24.5 Å². The number of hydrogen-bond acceptors (Lipinski definition) is 5. The van der Waals surface area contributed by atoms with E-state index >= 15 is 0 Å². The number of nitrogens with zero attached hydrogens (tertiary/aromatic N) is 1. The van der Waals surface area contributed by atoms with Gasteiger partial charge in [-0.15, -0.1) is 0 Å². The van der Waals surface area contributed by atoms with Crippen LogP contribution in [-0.2, 0) is 14.3 Å². The summed E-state index contributed by atoms with van der Waals surface area (Å²) in [5.41, 5.74) is 0.910. The molecular formula is C17H13BrN2O5. The van der Waals surface area contributed by atoms with Crippen LogP contribution < -0.4 is 5.32 Å². The number of nitrogens with one attached hydrogen (secondary N) is 1. The molecule has 0 unspecified atom stereocenters. The maximum atomic E-state index is 12.2. The number of carbonyl (C=O) groups excluding carboxylic acids is 3. The molecule has 0 spiro atoms. The molecule has 1 aliphatic rings. The molecule has 1 aromatic heterocycles. The smallest absolute Gasteiger partial charge is 0.329 e.